The molecule has 3 nitrogen and oxygen atoms in total. The van der Waals surface area contributed by atoms with E-state index >= 15 is 0 Å². The molecule has 0 bridgehead atoms. The lowest BCUT2D eigenvalue weighted by molar-refractivity contribution is 0.623. The number of hydrogen-bond acceptors (Lipinski definition) is 2. The van der Waals surface area contributed by atoms with Gasteiger partial charge in [-0.1, -0.05) is 17.7 Å². The van der Waals surface area contributed by atoms with Gasteiger partial charge in [0.15, 0.2) is 0 Å². The summed E-state index contributed by atoms with van der Waals surface area (Å²) >= 11 is 5.72. The summed E-state index contributed by atoms with van der Waals surface area (Å²) in [5.41, 5.74) is 1.90. The van der Waals surface area contributed by atoms with Crippen LogP contribution in [0.15, 0.2) is 30.5 Å². The lowest BCUT2D eigenvalue weighted by Gasteiger charge is -2.03. The lowest BCUT2D eigenvalue weighted by atomic mass is 10.2. The molecule has 0 saturated heterocycles. The highest BCUT2D eigenvalue weighted by Crippen LogP contribution is 2.16. The molecule has 0 aliphatic heterocycles. The van der Waals surface area contributed by atoms with Gasteiger partial charge < -0.3 is 5.32 Å². The molecule has 17 heavy (non-hydrogen) atoms. The Bertz CT molecular complexity index is 510. The van der Waals surface area contributed by atoms with Gasteiger partial charge in [-0.2, -0.15) is 5.10 Å². The Labute approximate surface area is 104 Å². The van der Waals surface area contributed by atoms with E-state index in [0.29, 0.717) is 6.54 Å². The minimum absolute atomic E-state index is 0.144. The maximum atomic E-state index is 13.0. The first-order valence-corrected chi connectivity index (χ1v) is 5.67. The van der Waals surface area contributed by atoms with Crippen LogP contribution in [0.5, 0.6) is 0 Å². The molecule has 2 aromatic rings. The maximum absolute atomic E-state index is 13.0. The summed E-state index contributed by atoms with van der Waals surface area (Å²) in [7, 11) is 1.87. The van der Waals surface area contributed by atoms with E-state index in [1.807, 2.05) is 19.3 Å². The highest BCUT2D eigenvalue weighted by Gasteiger charge is 2.03. The molecule has 0 radical (unpaired) electrons. The van der Waals surface area contributed by atoms with Crippen molar-refractivity contribution in [1.82, 2.24) is 15.1 Å². The smallest absolute Gasteiger partial charge is 0.141 e. The molecule has 0 atom stereocenters. The van der Waals surface area contributed by atoms with Gasteiger partial charge in [-0.3, -0.25) is 4.68 Å². The number of hydrogen-bond donors (Lipinski definition) is 1. The number of rotatable bonds is 4. The van der Waals surface area contributed by atoms with Crippen molar-refractivity contribution in [2.75, 3.05) is 7.05 Å². The molecule has 0 saturated carbocycles. The summed E-state index contributed by atoms with van der Waals surface area (Å²) in [5, 5.41) is 7.54. The lowest BCUT2D eigenvalue weighted by Crippen LogP contribution is -2.07. The van der Waals surface area contributed by atoms with Crippen LogP contribution in [0, 0.1) is 5.82 Å². The summed E-state index contributed by atoms with van der Waals surface area (Å²) in [6.45, 7) is 1.32. The molecule has 0 aliphatic carbocycles. The van der Waals surface area contributed by atoms with E-state index in [0.717, 1.165) is 17.8 Å². The fraction of sp³-hybridized carbons (Fsp3) is 0.250. The van der Waals surface area contributed by atoms with E-state index < -0.39 is 5.82 Å². The normalized spacial score (nSPS) is 10.8. The molecule has 0 unspecified atom stereocenters. The summed E-state index contributed by atoms with van der Waals surface area (Å²) in [6, 6.07) is 6.65. The zero-order valence-corrected chi connectivity index (χ0v) is 10.2. The van der Waals surface area contributed by atoms with Crippen molar-refractivity contribution in [2.24, 2.45) is 0 Å². The molecule has 5 heteroatoms. The van der Waals surface area contributed by atoms with E-state index in [-0.39, 0.29) is 5.02 Å². The highest BCUT2D eigenvalue weighted by atomic mass is 35.5. The van der Waals surface area contributed by atoms with Crippen LogP contribution < -0.4 is 5.32 Å². The van der Waals surface area contributed by atoms with Gasteiger partial charge in [-0.25, -0.2) is 4.39 Å². The Morgan fingerprint density at radius 1 is 1.41 bits per heavy atom. The second kappa shape index (κ2) is 5.29. The van der Waals surface area contributed by atoms with Crippen LogP contribution in [-0.2, 0) is 13.1 Å². The Morgan fingerprint density at radius 3 is 2.94 bits per heavy atom. The van der Waals surface area contributed by atoms with Crippen LogP contribution in [0.3, 0.4) is 0 Å². The van der Waals surface area contributed by atoms with Crippen molar-refractivity contribution < 1.29 is 4.39 Å². The summed E-state index contributed by atoms with van der Waals surface area (Å²) in [5.74, 6) is -0.397. The first-order valence-electron chi connectivity index (χ1n) is 5.30. The third-order valence-corrected chi connectivity index (χ3v) is 2.67. The minimum atomic E-state index is -0.397. The second-order valence-corrected chi connectivity index (χ2v) is 4.19. The van der Waals surface area contributed by atoms with Gasteiger partial charge in [0.2, 0.25) is 0 Å². The van der Waals surface area contributed by atoms with E-state index in [9.17, 15) is 4.39 Å². The Morgan fingerprint density at radius 2 is 2.24 bits per heavy atom. The fourth-order valence-corrected chi connectivity index (χ4v) is 1.80. The van der Waals surface area contributed by atoms with E-state index in [2.05, 4.69) is 10.4 Å². The third kappa shape index (κ3) is 3.05. The van der Waals surface area contributed by atoms with Gasteiger partial charge in [0, 0.05) is 12.7 Å². The minimum Gasteiger partial charge on any atom is -0.314 e. The Balaban J connectivity index is 2.11. The van der Waals surface area contributed by atoms with Crippen LogP contribution >= 0.6 is 11.6 Å². The summed E-state index contributed by atoms with van der Waals surface area (Å²) < 4.78 is 14.8. The molecule has 1 aromatic heterocycles. The number of nitrogens with zero attached hydrogens (tertiary/aromatic N) is 2. The highest BCUT2D eigenvalue weighted by molar-refractivity contribution is 6.30. The van der Waals surface area contributed by atoms with Gasteiger partial charge in [-0.15, -0.1) is 0 Å². The number of nitrogens with one attached hydrogen (secondary N) is 1. The van der Waals surface area contributed by atoms with Gasteiger partial charge >= 0.3 is 0 Å². The number of benzene rings is 1. The van der Waals surface area contributed by atoms with Crippen molar-refractivity contribution >= 4 is 11.6 Å². The Kier molecular flexibility index (Phi) is 3.76. The predicted octanol–water partition coefficient (Wildman–Crippen LogP) is 2.44. The zero-order chi connectivity index (χ0) is 12.3. The molecule has 2 rings (SSSR count). The van der Waals surface area contributed by atoms with Crippen LogP contribution in [0.2, 0.25) is 5.02 Å². The van der Waals surface area contributed by atoms with Gasteiger partial charge in [-0.05, 0) is 30.8 Å². The summed E-state index contributed by atoms with van der Waals surface area (Å²) in [4.78, 5) is 0. The predicted molar refractivity (Wildman–Crippen MR) is 65.5 cm³/mol. The topological polar surface area (TPSA) is 29.9 Å². The van der Waals surface area contributed by atoms with Crippen molar-refractivity contribution in [2.45, 2.75) is 13.1 Å². The van der Waals surface area contributed by atoms with Crippen LogP contribution in [0.25, 0.3) is 0 Å². The third-order valence-electron chi connectivity index (χ3n) is 2.38. The van der Waals surface area contributed by atoms with E-state index in [1.165, 1.54) is 6.07 Å². The zero-order valence-electron chi connectivity index (χ0n) is 9.45. The van der Waals surface area contributed by atoms with Crippen LogP contribution in [0.4, 0.5) is 4.39 Å². The largest absolute Gasteiger partial charge is 0.314 e. The molecular formula is C12H13ClFN3. The van der Waals surface area contributed by atoms with Gasteiger partial charge in [0.05, 0.1) is 17.3 Å². The van der Waals surface area contributed by atoms with Crippen molar-refractivity contribution in [1.29, 1.82) is 0 Å². The average Bonchev–Trinajstić information content (AvgIpc) is 2.72. The van der Waals surface area contributed by atoms with Crippen molar-refractivity contribution in [3.8, 4) is 0 Å². The average molecular weight is 254 g/mol. The first kappa shape index (κ1) is 12.1. The standard InChI is InChI=1S/C12H13ClFN3/c1-15-7-10-4-5-17(16-10)8-9-2-3-12(14)11(13)6-9/h2-6,15H,7-8H2,1H3. The molecule has 0 amide bonds. The van der Waals surface area contributed by atoms with Crippen LogP contribution in [-0.4, -0.2) is 16.8 Å². The van der Waals surface area contributed by atoms with Crippen molar-refractivity contribution in [3.63, 3.8) is 0 Å². The second-order valence-electron chi connectivity index (χ2n) is 3.78. The molecule has 1 aromatic carbocycles. The molecule has 90 valence electrons. The maximum Gasteiger partial charge on any atom is 0.141 e. The SMILES string of the molecule is CNCc1ccn(Cc2ccc(F)c(Cl)c2)n1. The molecular weight excluding hydrogens is 241 g/mol. The molecule has 1 heterocycles. The first-order chi connectivity index (χ1) is 8.19. The van der Waals surface area contributed by atoms with E-state index in [1.54, 1.807) is 16.8 Å². The number of halogens is 2. The van der Waals surface area contributed by atoms with Crippen LogP contribution in [0.1, 0.15) is 11.3 Å². The van der Waals surface area contributed by atoms with E-state index in [4.69, 9.17) is 11.6 Å². The Hall–Kier alpha value is -1.39. The fourth-order valence-electron chi connectivity index (χ4n) is 1.59. The molecule has 0 aliphatic rings. The monoisotopic (exact) mass is 253 g/mol. The number of aromatic nitrogens is 2. The van der Waals surface area contributed by atoms with Crippen molar-refractivity contribution in [3.05, 3.63) is 52.6 Å². The van der Waals surface area contributed by atoms with Gasteiger partial charge in [0.1, 0.15) is 5.82 Å². The molecule has 1 N–H and O–H groups in total. The summed E-state index contributed by atoms with van der Waals surface area (Å²) in [6.07, 6.45) is 1.89. The quantitative estimate of drug-likeness (QED) is 0.907. The molecule has 0 spiro atoms. The van der Waals surface area contributed by atoms with Gasteiger partial charge in [0.25, 0.3) is 0 Å². The molecule has 0 fully saturated rings.